The van der Waals surface area contributed by atoms with Gasteiger partial charge in [-0.25, -0.2) is 15.4 Å². The van der Waals surface area contributed by atoms with Crippen molar-refractivity contribution in [2.75, 3.05) is 5.43 Å². The quantitative estimate of drug-likeness (QED) is 0.687. The van der Waals surface area contributed by atoms with Crippen LogP contribution in [0.4, 0.5) is 5.95 Å². The molecule has 0 fully saturated rings. The summed E-state index contributed by atoms with van der Waals surface area (Å²) in [5, 5.41) is 4.44. The van der Waals surface area contributed by atoms with Crippen molar-refractivity contribution in [3.63, 3.8) is 0 Å². The van der Waals surface area contributed by atoms with Crippen LogP contribution in [0.25, 0.3) is 0 Å². The Bertz CT molecular complexity index is 659. The van der Waals surface area contributed by atoms with Gasteiger partial charge >= 0.3 is 0 Å². The summed E-state index contributed by atoms with van der Waals surface area (Å²) in [6.07, 6.45) is 0. The van der Waals surface area contributed by atoms with Crippen LogP contribution in [0, 0.1) is 34.6 Å². The third-order valence-electron chi connectivity index (χ3n) is 3.34. The second-order valence-corrected chi connectivity index (χ2v) is 5.56. The SMILES string of the molecule is C/C(=N/Nc1nc(C)cc(C)n1)c1c(C)cc(C)cc1C. The fourth-order valence-electron chi connectivity index (χ4n) is 2.72. The second-order valence-electron chi connectivity index (χ2n) is 5.56. The van der Waals surface area contributed by atoms with Crippen LogP contribution < -0.4 is 5.43 Å². The zero-order valence-corrected chi connectivity index (χ0v) is 13.6. The Hall–Kier alpha value is -2.23. The van der Waals surface area contributed by atoms with E-state index in [4.69, 9.17) is 0 Å². The van der Waals surface area contributed by atoms with E-state index in [1.165, 1.54) is 22.3 Å². The predicted molar refractivity (Wildman–Crippen MR) is 88.0 cm³/mol. The molecule has 0 bridgehead atoms. The Morgan fingerprint density at radius 2 is 1.43 bits per heavy atom. The normalized spacial score (nSPS) is 11.6. The van der Waals surface area contributed by atoms with Crippen LogP contribution in [0.15, 0.2) is 23.3 Å². The lowest BCUT2D eigenvalue weighted by Gasteiger charge is -2.11. The number of hydrogen-bond acceptors (Lipinski definition) is 4. The van der Waals surface area contributed by atoms with Gasteiger partial charge in [0.1, 0.15) is 0 Å². The largest absolute Gasteiger partial charge is 0.245 e. The maximum atomic E-state index is 4.44. The molecule has 0 saturated heterocycles. The molecule has 0 amide bonds. The zero-order chi connectivity index (χ0) is 15.6. The van der Waals surface area contributed by atoms with E-state index in [0.29, 0.717) is 5.95 Å². The first-order valence-corrected chi connectivity index (χ1v) is 7.07. The minimum absolute atomic E-state index is 0.536. The molecule has 21 heavy (non-hydrogen) atoms. The molecule has 4 heteroatoms. The summed E-state index contributed by atoms with van der Waals surface area (Å²) < 4.78 is 0. The molecule has 1 aromatic heterocycles. The highest BCUT2D eigenvalue weighted by molar-refractivity contribution is 6.01. The van der Waals surface area contributed by atoms with Crippen LogP contribution in [0.3, 0.4) is 0 Å². The summed E-state index contributed by atoms with van der Waals surface area (Å²) in [5.41, 5.74) is 10.7. The molecule has 2 aromatic rings. The van der Waals surface area contributed by atoms with Gasteiger partial charge in [-0.05, 0) is 58.7 Å². The fraction of sp³-hybridized carbons (Fsp3) is 0.353. The number of nitrogens with zero attached hydrogens (tertiary/aromatic N) is 3. The smallest absolute Gasteiger partial charge is 0.243 e. The Balaban J connectivity index is 2.29. The predicted octanol–water partition coefficient (Wildman–Crippen LogP) is 3.85. The van der Waals surface area contributed by atoms with Crippen molar-refractivity contribution in [1.29, 1.82) is 0 Å². The number of anilines is 1. The monoisotopic (exact) mass is 282 g/mol. The van der Waals surface area contributed by atoms with Gasteiger partial charge in [0.15, 0.2) is 0 Å². The van der Waals surface area contributed by atoms with E-state index < -0.39 is 0 Å². The average Bonchev–Trinajstić information content (AvgIpc) is 2.34. The van der Waals surface area contributed by atoms with Crippen LogP contribution in [0.5, 0.6) is 0 Å². The maximum absolute atomic E-state index is 4.44. The first-order chi connectivity index (χ1) is 9.86. The summed E-state index contributed by atoms with van der Waals surface area (Å²) in [6, 6.07) is 6.29. The minimum Gasteiger partial charge on any atom is -0.245 e. The lowest BCUT2D eigenvalue weighted by atomic mass is 9.97. The van der Waals surface area contributed by atoms with Gasteiger partial charge < -0.3 is 0 Å². The van der Waals surface area contributed by atoms with E-state index in [-0.39, 0.29) is 0 Å². The lowest BCUT2D eigenvalue weighted by molar-refractivity contribution is 1.03. The molecule has 1 heterocycles. The Labute approximate surface area is 126 Å². The van der Waals surface area contributed by atoms with Gasteiger partial charge in [0, 0.05) is 17.0 Å². The van der Waals surface area contributed by atoms with E-state index in [9.17, 15) is 0 Å². The summed E-state index contributed by atoms with van der Waals surface area (Å²) in [5.74, 6) is 0.536. The van der Waals surface area contributed by atoms with E-state index in [1.54, 1.807) is 0 Å². The molecule has 0 unspecified atom stereocenters. The van der Waals surface area contributed by atoms with Gasteiger partial charge in [-0.2, -0.15) is 5.10 Å². The molecule has 0 saturated carbocycles. The maximum Gasteiger partial charge on any atom is 0.243 e. The minimum atomic E-state index is 0.536. The second kappa shape index (κ2) is 6.04. The fourth-order valence-corrected chi connectivity index (χ4v) is 2.72. The van der Waals surface area contributed by atoms with Crippen molar-refractivity contribution < 1.29 is 0 Å². The summed E-state index contributed by atoms with van der Waals surface area (Å²) in [7, 11) is 0. The number of hydrogen-bond donors (Lipinski definition) is 1. The number of nitrogens with one attached hydrogen (secondary N) is 1. The van der Waals surface area contributed by atoms with Gasteiger partial charge in [0.25, 0.3) is 0 Å². The molecule has 2 rings (SSSR count). The Morgan fingerprint density at radius 3 is 1.95 bits per heavy atom. The van der Waals surface area contributed by atoms with E-state index in [1.807, 2.05) is 26.8 Å². The number of benzene rings is 1. The standard InChI is InChI=1S/C17H22N4/c1-10-7-11(2)16(12(3)8-10)15(6)20-21-17-18-13(4)9-14(5)19-17/h7-9H,1-6H3,(H,18,19,21)/b20-15-. The van der Waals surface area contributed by atoms with Crippen LogP contribution >= 0.6 is 0 Å². The van der Waals surface area contributed by atoms with Crippen LogP contribution in [0.1, 0.15) is 40.6 Å². The molecule has 0 aliphatic heterocycles. The molecule has 0 radical (unpaired) electrons. The third kappa shape index (κ3) is 3.66. The third-order valence-corrected chi connectivity index (χ3v) is 3.34. The molecule has 1 N–H and O–H groups in total. The number of aromatic nitrogens is 2. The molecule has 0 aliphatic carbocycles. The number of rotatable bonds is 3. The molecule has 4 nitrogen and oxygen atoms in total. The zero-order valence-electron chi connectivity index (χ0n) is 13.6. The number of aryl methyl sites for hydroxylation is 5. The first-order valence-electron chi connectivity index (χ1n) is 7.07. The lowest BCUT2D eigenvalue weighted by Crippen LogP contribution is -2.07. The number of hydrazone groups is 1. The van der Waals surface area contributed by atoms with Gasteiger partial charge in [-0.3, -0.25) is 0 Å². The van der Waals surface area contributed by atoms with Crippen LogP contribution in [-0.4, -0.2) is 15.7 Å². The molecule has 0 spiro atoms. The highest BCUT2D eigenvalue weighted by Crippen LogP contribution is 2.17. The van der Waals surface area contributed by atoms with Gasteiger partial charge in [0.2, 0.25) is 5.95 Å². The van der Waals surface area contributed by atoms with Crippen LogP contribution in [-0.2, 0) is 0 Å². The van der Waals surface area contributed by atoms with Crippen molar-refractivity contribution in [3.8, 4) is 0 Å². The highest BCUT2D eigenvalue weighted by Gasteiger charge is 2.07. The Kier molecular flexibility index (Phi) is 4.36. The molecule has 1 aromatic carbocycles. The molecule has 110 valence electrons. The molecule has 0 aliphatic rings. The molecular weight excluding hydrogens is 260 g/mol. The van der Waals surface area contributed by atoms with Crippen molar-refractivity contribution in [3.05, 3.63) is 51.8 Å². The van der Waals surface area contributed by atoms with Gasteiger partial charge in [-0.1, -0.05) is 17.7 Å². The Morgan fingerprint density at radius 1 is 0.905 bits per heavy atom. The van der Waals surface area contributed by atoms with Gasteiger partial charge in [0.05, 0.1) is 5.71 Å². The van der Waals surface area contributed by atoms with Crippen molar-refractivity contribution in [2.45, 2.75) is 41.5 Å². The summed E-state index contributed by atoms with van der Waals surface area (Å²) >= 11 is 0. The van der Waals surface area contributed by atoms with Crippen molar-refractivity contribution >= 4 is 11.7 Å². The highest BCUT2D eigenvalue weighted by atomic mass is 15.4. The average molecular weight is 282 g/mol. The van der Waals surface area contributed by atoms with E-state index in [2.05, 4.69) is 53.4 Å². The topological polar surface area (TPSA) is 50.2 Å². The molecular formula is C17H22N4. The summed E-state index contributed by atoms with van der Waals surface area (Å²) in [4.78, 5) is 8.66. The summed E-state index contributed by atoms with van der Waals surface area (Å²) in [6.45, 7) is 12.2. The molecule has 0 atom stereocenters. The van der Waals surface area contributed by atoms with Gasteiger partial charge in [-0.15, -0.1) is 0 Å². The first kappa shape index (κ1) is 15.2. The van der Waals surface area contributed by atoms with E-state index >= 15 is 0 Å². The van der Waals surface area contributed by atoms with E-state index in [0.717, 1.165) is 17.1 Å². The van der Waals surface area contributed by atoms with Crippen molar-refractivity contribution in [2.24, 2.45) is 5.10 Å². The van der Waals surface area contributed by atoms with Crippen LogP contribution in [0.2, 0.25) is 0 Å². The van der Waals surface area contributed by atoms with Crippen molar-refractivity contribution in [1.82, 2.24) is 9.97 Å².